The van der Waals surface area contributed by atoms with Gasteiger partial charge in [-0.1, -0.05) is 0 Å². The number of ketones is 1. The van der Waals surface area contributed by atoms with E-state index >= 15 is 0 Å². The third kappa shape index (κ3) is 4.36. The number of fused-ring (bicyclic) bond motifs is 1. The molecule has 0 saturated carbocycles. The minimum Gasteiger partial charge on any atom is -0.454 e. The molecule has 2 aromatic rings. The molecule has 0 unspecified atom stereocenters. The first-order valence-corrected chi connectivity index (χ1v) is 10.2. The molecular formula is C23H26N2O4. The van der Waals surface area contributed by atoms with Crippen LogP contribution in [0.2, 0.25) is 0 Å². The molecule has 2 aliphatic heterocycles. The smallest absolute Gasteiger partial charge is 0.254 e. The number of amides is 1. The molecule has 29 heavy (non-hydrogen) atoms. The highest BCUT2D eigenvalue weighted by atomic mass is 16.7. The van der Waals surface area contributed by atoms with Crippen molar-refractivity contribution < 1.29 is 19.1 Å². The second-order valence-corrected chi connectivity index (χ2v) is 7.59. The lowest BCUT2D eigenvalue weighted by Crippen LogP contribution is -2.41. The predicted molar refractivity (Wildman–Crippen MR) is 111 cm³/mol. The van der Waals surface area contributed by atoms with Crippen molar-refractivity contribution in [3.8, 4) is 11.5 Å². The van der Waals surface area contributed by atoms with Gasteiger partial charge in [0, 0.05) is 42.4 Å². The van der Waals surface area contributed by atoms with Gasteiger partial charge in [0.1, 0.15) is 0 Å². The maximum absolute atomic E-state index is 12.7. The Labute approximate surface area is 170 Å². The fourth-order valence-electron chi connectivity index (χ4n) is 3.83. The van der Waals surface area contributed by atoms with Gasteiger partial charge in [-0.3, -0.25) is 9.59 Å². The van der Waals surface area contributed by atoms with Crippen molar-refractivity contribution in [1.82, 2.24) is 4.90 Å². The molecule has 152 valence electrons. The monoisotopic (exact) mass is 394 g/mol. The van der Waals surface area contributed by atoms with Crippen LogP contribution >= 0.6 is 0 Å². The summed E-state index contributed by atoms with van der Waals surface area (Å²) < 4.78 is 10.6. The molecule has 0 aliphatic carbocycles. The molecule has 6 heteroatoms. The Kier molecular flexibility index (Phi) is 5.69. The normalized spacial score (nSPS) is 17.8. The Bertz CT molecular complexity index is 894. The first-order chi connectivity index (χ1) is 14.1. The molecule has 2 aliphatic rings. The molecule has 2 heterocycles. The summed E-state index contributed by atoms with van der Waals surface area (Å²) in [7, 11) is 0. The summed E-state index contributed by atoms with van der Waals surface area (Å²) in [6.07, 6.45) is 3.71. The second kappa shape index (κ2) is 8.55. The number of carbonyl (C=O) groups excluding carboxylic acids is 2. The van der Waals surface area contributed by atoms with Crippen molar-refractivity contribution in [1.29, 1.82) is 0 Å². The van der Waals surface area contributed by atoms with E-state index in [2.05, 4.69) is 12.2 Å². The first-order valence-electron chi connectivity index (χ1n) is 10.2. The van der Waals surface area contributed by atoms with E-state index in [4.69, 9.17) is 9.47 Å². The molecule has 1 atom stereocenters. The highest BCUT2D eigenvalue weighted by Gasteiger charge is 2.24. The minimum absolute atomic E-state index is 0.0432. The number of benzene rings is 2. The van der Waals surface area contributed by atoms with Crippen LogP contribution in [0.4, 0.5) is 5.69 Å². The average molecular weight is 394 g/mol. The zero-order valence-electron chi connectivity index (χ0n) is 16.6. The van der Waals surface area contributed by atoms with Crippen molar-refractivity contribution in [2.45, 2.75) is 38.6 Å². The molecule has 0 radical (unpaired) electrons. The lowest BCUT2D eigenvalue weighted by atomic mass is 10.0. The maximum atomic E-state index is 12.7. The summed E-state index contributed by atoms with van der Waals surface area (Å²) in [5, 5.41) is 3.25. The van der Waals surface area contributed by atoms with Crippen LogP contribution in [0.3, 0.4) is 0 Å². The van der Waals surface area contributed by atoms with E-state index in [1.165, 1.54) is 6.42 Å². The van der Waals surface area contributed by atoms with Crippen molar-refractivity contribution >= 4 is 17.4 Å². The van der Waals surface area contributed by atoms with Crippen LogP contribution < -0.4 is 14.8 Å². The molecule has 0 spiro atoms. The molecule has 1 saturated heterocycles. The van der Waals surface area contributed by atoms with Crippen LogP contribution in [0.15, 0.2) is 42.5 Å². The van der Waals surface area contributed by atoms with E-state index in [1.54, 1.807) is 18.2 Å². The van der Waals surface area contributed by atoms with E-state index in [-0.39, 0.29) is 18.5 Å². The van der Waals surface area contributed by atoms with E-state index in [1.807, 2.05) is 29.2 Å². The first kappa shape index (κ1) is 19.3. The van der Waals surface area contributed by atoms with Gasteiger partial charge in [-0.05, 0) is 68.7 Å². The number of Topliss-reactive ketones (excluding diaryl/α,β-unsaturated/α-hetero) is 1. The van der Waals surface area contributed by atoms with Gasteiger partial charge in [0.25, 0.3) is 5.91 Å². The third-order valence-electron chi connectivity index (χ3n) is 5.57. The summed E-state index contributed by atoms with van der Waals surface area (Å²) >= 11 is 0. The predicted octanol–water partition coefficient (Wildman–Crippen LogP) is 4.11. The summed E-state index contributed by atoms with van der Waals surface area (Å²) in [5.74, 6) is 1.43. The Morgan fingerprint density at radius 2 is 1.79 bits per heavy atom. The number of rotatable bonds is 6. The number of ether oxygens (including phenoxy) is 2. The Morgan fingerprint density at radius 1 is 1.03 bits per heavy atom. The van der Waals surface area contributed by atoms with E-state index in [9.17, 15) is 9.59 Å². The number of carbonyl (C=O) groups is 2. The number of nitrogens with one attached hydrogen (secondary N) is 1. The highest BCUT2D eigenvalue weighted by Crippen LogP contribution is 2.32. The van der Waals surface area contributed by atoms with Crippen LogP contribution in [0.5, 0.6) is 11.5 Å². The number of hydrogen-bond donors (Lipinski definition) is 1. The van der Waals surface area contributed by atoms with Gasteiger partial charge in [-0.2, -0.15) is 0 Å². The van der Waals surface area contributed by atoms with E-state index < -0.39 is 0 Å². The van der Waals surface area contributed by atoms with Gasteiger partial charge in [-0.25, -0.2) is 0 Å². The summed E-state index contributed by atoms with van der Waals surface area (Å²) in [6.45, 7) is 3.67. The van der Waals surface area contributed by atoms with Gasteiger partial charge < -0.3 is 19.7 Å². The molecule has 4 rings (SSSR count). The van der Waals surface area contributed by atoms with Gasteiger partial charge in [0.2, 0.25) is 6.79 Å². The number of likely N-dealkylation sites (tertiary alicyclic amines) is 1. The molecule has 0 aromatic heterocycles. The number of anilines is 1. The third-order valence-corrected chi connectivity index (χ3v) is 5.57. The summed E-state index contributed by atoms with van der Waals surface area (Å²) in [4.78, 5) is 27.1. The average Bonchev–Trinajstić information content (AvgIpc) is 3.22. The molecule has 1 fully saturated rings. The highest BCUT2D eigenvalue weighted by molar-refractivity contribution is 5.97. The SMILES string of the molecule is C[C@@H]1CCCCN1C(=O)c1ccc(NCCC(=O)c2ccc3c(c2)OCO3)cc1. The zero-order valence-corrected chi connectivity index (χ0v) is 16.6. The van der Waals surface area contributed by atoms with Crippen LogP contribution in [0, 0.1) is 0 Å². The van der Waals surface area contributed by atoms with Gasteiger partial charge in [-0.15, -0.1) is 0 Å². The summed E-state index contributed by atoms with van der Waals surface area (Å²) in [5.41, 5.74) is 2.22. The van der Waals surface area contributed by atoms with Gasteiger partial charge in [0.05, 0.1) is 0 Å². The largest absolute Gasteiger partial charge is 0.454 e. The Balaban J connectivity index is 1.29. The Hall–Kier alpha value is -3.02. The van der Waals surface area contributed by atoms with E-state index in [0.717, 1.165) is 25.1 Å². The van der Waals surface area contributed by atoms with Gasteiger partial charge >= 0.3 is 0 Å². The maximum Gasteiger partial charge on any atom is 0.254 e. The number of hydrogen-bond acceptors (Lipinski definition) is 5. The molecular weight excluding hydrogens is 368 g/mol. The fraction of sp³-hybridized carbons (Fsp3) is 0.391. The molecule has 2 aromatic carbocycles. The van der Waals surface area contributed by atoms with Crippen LogP contribution in [0.25, 0.3) is 0 Å². The number of piperidine rings is 1. The van der Waals surface area contributed by atoms with Crippen LogP contribution in [0.1, 0.15) is 53.3 Å². The quantitative estimate of drug-likeness (QED) is 0.747. The fourth-order valence-corrected chi connectivity index (χ4v) is 3.83. The lowest BCUT2D eigenvalue weighted by Gasteiger charge is -2.33. The van der Waals surface area contributed by atoms with E-state index in [0.29, 0.717) is 41.6 Å². The topological polar surface area (TPSA) is 67.9 Å². The van der Waals surface area contributed by atoms with Crippen molar-refractivity contribution in [2.24, 2.45) is 0 Å². The van der Waals surface area contributed by atoms with Gasteiger partial charge in [0.15, 0.2) is 17.3 Å². The Morgan fingerprint density at radius 3 is 2.59 bits per heavy atom. The van der Waals surface area contributed by atoms with Crippen LogP contribution in [-0.2, 0) is 0 Å². The molecule has 0 bridgehead atoms. The van der Waals surface area contributed by atoms with Crippen molar-refractivity contribution in [3.05, 3.63) is 53.6 Å². The van der Waals surface area contributed by atoms with Crippen molar-refractivity contribution in [2.75, 3.05) is 25.2 Å². The lowest BCUT2D eigenvalue weighted by molar-refractivity contribution is 0.0635. The molecule has 1 amide bonds. The van der Waals surface area contributed by atoms with Crippen molar-refractivity contribution in [3.63, 3.8) is 0 Å². The molecule has 1 N–H and O–H groups in total. The summed E-state index contributed by atoms with van der Waals surface area (Å²) in [6, 6.07) is 13.1. The van der Waals surface area contributed by atoms with Crippen LogP contribution in [-0.4, -0.2) is 42.5 Å². The standard InChI is InChI=1S/C23H26N2O4/c1-16-4-2-3-13-25(16)23(27)17-5-8-19(9-6-17)24-12-11-20(26)18-7-10-21-22(14-18)29-15-28-21/h5-10,14,16,24H,2-4,11-13,15H2,1H3/t16-/m1/s1. The minimum atomic E-state index is 0.0432. The second-order valence-electron chi connectivity index (χ2n) is 7.59. The number of nitrogens with zero attached hydrogens (tertiary/aromatic N) is 1. The zero-order chi connectivity index (χ0) is 20.2. The molecule has 6 nitrogen and oxygen atoms in total.